The first kappa shape index (κ1) is 32.3. The van der Waals surface area contributed by atoms with Gasteiger partial charge in [-0.1, -0.05) is 35.7 Å². The van der Waals surface area contributed by atoms with Gasteiger partial charge in [0.15, 0.2) is 0 Å². The molecule has 4 rings (SSSR count). The van der Waals surface area contributed by atoms with E-state index in [-0.39, 0.29) is 35.9 Å². The Labute approximate surface area is 256 Å². The molecule has 2 atom stereocenters. The van der Waals surface area contributed by atoms with Crippen LogP contribution in [0, 0.1) is 0 Å². The zero-order valence-corrected chi connectivity index (χ0v) is 26.2. The molecule has 0 spiro atoms. The maximum atomic E-state index is 13.6. The van der Waals surface area contributed by atoms with E-state index in [9.17, 15) is 19.2 Å². The average Bonchev–Trinajstić information content (AvgIpc) is 2.96. The number of piperidine rings is 2. The first-order valence-corrected chi connectivity index (χ1v) is 15.5. The van der Waals surface area contributed by atoms with Gasteiger partial charge in [-0.2, -0.15) is 0 Å². The Bertz CT molecular complexity index is 1340. The van der Waals surface area contributed by atoms with E-state index < -0.39 is 16.8 Å². The first-order valence-electron chi connectivity index (χ1n) is 14.7. The number of hydrogen-bond acceptors (Lipinski definition) is 6. The van der Waals surface area contributed by atoms with Gasteiger partial charge in [0.2, 0.25) is 11.8 Å². The van der Waals surface area contributed by atoms with Crippen molar-refractivity contribution in [1.82, 2.24) is 30.0 Å². The van der Waals surface area contributed by atoms with Gasteiger partial charge in [0.1, 0.15) is 5.54 Å². The van der Waals surface area contributed by atoms with Gasteiger partial charge < -0.3 is 20.1 Å². The number of halogens is 2. The summed E-state index contributed by atoms with van der Waals surface area (Å²) >= 11 is 12.6. The lowest BCUT2D eigenvalue weighted by Crippen LogP contribution is -2.66. The highest BCUT2D eigenvalue weighted by Gasteiger charge is 2.48. The standard InChI is InChI=1S/C30H42Cl2N6O4/c1-36(2)28(41)30(11-13-33-14-12-30)38-15-5-4-6-23(38)9-7-21(20-8-10-24(31)25(32)16-20)19-37(3)27(40)18-22-17-26(39)35-29(42)34-22/h8,10,16-17,21,23,33H,4-7,9,11-15,18-19H2,1-3H3,(H2,34,35,39,42). The Morgan fingerprint density at radius 3 is 2.45 bits per heavy atom. The minimum absolute atomic E-state index is 0.0377. The van der Waals surface area contributed by atoms with Crippen LogP contribution >= 0.6 is 23.2 Å². The van der Waals surface area contributed by atoms with Crippen LogP contribution in [-0.2, 0) is 16.0 Å². The third-order valence-electron chi connectivity index (χ3n) is 8.75. The molecular formula is C30H42Cl2N6O4. The molecule has 2 aromatic rings. The molecule has 2 amide bonds. The van der Waals surface area contributed by atoms with Crippen LogP contribution < -0.4 is 16.6 Å². The van der Waals surface area contributed by atoms with Crippen LogP contribution in [0.3, 0.4) is 0 Å². The molecule has 12 heteroatoms. The summed E-state index contributed by atoms with van der Waals surface area (Å²) in [6, 6.07) is 7.07. The summed E-state index contributed by atoms with van der Waals surface area (Å²) in [6.45, 7) is 2.96. The number of nitrogens with one attached hydrogen (secondary N) is 3. The summed E-state index contributed by atoms with van der Waals surface area (Å²) in [6.07, 6.45) is 6.35. The zero-order valence-electron chi connectivity index (χ0n) is 24.7. The lowest BCUT2D eigenvalue weighted by Gasteiger charge is -2.51. The van der Waals surface area contributed by atoms with Crippen LogP contribution in [0.5, 0.6) is 0 Å². The Kier molecular flexibility index (Phi) is 10.9. The molecule has 0 bridgehead atoms. The average molecular weight is 622 g/mol. The van der Waals surface area contributed by atoms with Crippen LogP contribution in [-0.4, -0.2) is 95.4 Å². The predicted molar refractivity (Wildman–Crippen MR) is 165 cm³/mol. The minimum atomic E-state index is -0.641. The summed E-state index contributed by atoms with van der Waals surface area (Å²) in [5, 5.41) is 4.35. The highest BCUT2D eigenvalue weighted by Crippen LogP contribution is 2.37. The molecule has 1 aromatic carbocycles. The Morgan fingerprint density at radius 2 is 1.79 bits per heavy atom. The second-order valence-corrected chi connectivity index (χ2v) is 12.7. The summed E-state index contributed by atoms with van der Waals surface area (Å²) in [5.74, 6) is -0.0739. The third kappa shape index (κ3) is 7.64. The maximum absolute atomic E-state index is 13.6. The van der Waals surface area contributed by atoms with E-state index >= 15 is 0 Å². The van der Waals surface area contributed by atoms with Crippen molar-refractivity contribution in [1.29, 1.82) is 0 Å². The van der Waals surface area contributed by atoms with Crippen molar-refractivity contribution in [3.63, 3.8) is 0 Å². The van der Waals surface area contributed by atoms with E-state index in [1.54, 1.807) is 22.9 Å². The van der Waals surface area contributed by atoms with Crippen LogP contribution in [0.15, 0.2) is 33.9 Å². The van der Waals surface area contributed by atoms with Gasteiger partial charge in [-0.25, -0.2) is 4.79 Å². The number of benzene rings is 1. The van der Waals surface area contributed by atoms with Gasteiger partial charge in [0, 0.05) is 51.4 Å². The molecule has 0 saturated carbocycles. The molecule has 2 unspecified atom stereocenters. The Balaban J connectivity index is 1.54. The quantitative estimate of drug-likeness (QED) is 0.375. The normalized spacial score (nSPS) is 19.7. The van der Waals surface area contributed by atoms with E-state index in [2.05, 4.69) is 20.2 Å². The van der Waals surface area contributed by atoms with E-state index in [1.807, 2.05) is 26.2 Å². The fraction of sp³-hybridized carbons (Fsp3) is 0.600. The van der Waals surface area contributed by atoms with Crippen LogP contribution in [0.25, 0.3) is 0 Å². The number of H-pyrrole nitrogens is 2. The minimum Gasteiger partial charge on any atom is -0.347 e. The van der Waals surface area contributed by atoms with Gasteiger partial charge in [0.05, 0.1) is 16.5 Å². The van der Waals surface area contributed by atoms with Gasteiger partial charge in [0.25, 0.3) is 5.56 Å². The second kappa shape index (κ2) is 14.2. The fourth-order valence-electron chi connectivity index (χ4n) is 6.61. The topological polar surface area (TPSA) is 122 Å². The summed E-state index contributed by atoms with van der Waals surface area (Å²) in [7, 11) is 5.42. The van der Waals surface area contributed by atoms with Gasteiger partial charge >= 0.3 is 5.69 Å². The number of carbonyl (C=O) groups is 2. The van der Waals surface area contributed by atoms with Crippen molar-refractivity contribution in [2.45, 2.75) is 68.9 Å². The molecule has 1 aromatic heterocycles. The molecule has 3 N–H and O–H groups in total. The van der Waals surface area contributed by atoms with Crippen molar-refractivity contribution < 1.29 is 9.59 Å². The van der Waals surface area contributed by atoms with E-state index in [1.165, 1.54) is 6.07 Å². The van der Waals surface area contributed by atoms with Crippen molar-refractivity contribution in [2.75, 3.05) is 47.3 Å². The molecular weight excluding hydrogens is 579 g/mol. The van der Waals surface area contributed by atoms with E-state index in [0.29, 0.717) is 16.6 Å². The van der Waals surface area contributed by atoms with Crippen molar-refractivity contribution >= 4 is 35.0 Å². The number of likely N-dealkylation sites (tertiary alicyclic amines) is 1. The van der Waals surface area contributed by atoms with E-state index in [4.69, 9.17) is 23.2 Å². The molecule has 0 radical (unpaired) electrons. The number of aromatic nitrogens is 2. The number of aromatic amines is 2. The summed E-state index contributed by atoms with van der Waals surface area (Å²) < 4.78 is 0. The number of rotatable bonds is 10. The lowest BCUT2D eigenvalue weighted by molar-refractivity contribution is -0.148. The highest BCUT2D eigenvalue weighted by atomic mass is 35.5. The zero-order chi connectivity index (χ0) is 30.4. The highest BCUT2D eigenvalue weighted by molar-refractivity contribution is 6.42. The van der Waals surface area contributed by atoms with Gasteiger partial charge in [-0.05, 0) is 75.9 Å². The van der Waals surface area contributed by atoms with Crippen LogP contribution in [0.1, 0.15) is 62.1 Å². The molecule has 3 heterocycles. The Hall–Kier alpha value is -2.66. The van der Waals surface area contributed by atoms with Crippen molar-refractivity contribution in [2.24, 2.45) is 0 Å². The molecule has 42 heavy (non-hydrogen) atoms. The number of likely N-dealkylation sites (N-methyl/N-ethyl adjacent to an activating group) is 2. The fourth-order valence-corrected chi connectivity index (χ4v) is 6.92. The summed E-state index contributed by atoms with van der Waals surface area (Å²) in [5.41, 5.74) is -0.442. The van der Waals surface area contributed by atoms with Crippen molar-refractivity contribution in [3.05, 3.63) is 66.4 Å². The monoisotopic (exact) mass is 620 g/mol. The third-order valence-corrected chi connectivity index (χ3v) is 9.49. The SMILES string of the molecule is CN(C)C(=O)C1(N2CCCCC2CCC(CN(C)C(=O)Cc2cc(=O)[nH]c(=O)[nH]2)c2ccc(Cl)c(Cl)c2)CCNCC1. The van der Waals surface area contributed by atoms with Gasteiger partial charge in [-0.15, -0.1) is 0 Å². The molecule has 230 valence electrons. The second-order valence-electron chi connectivity index (χ2n) is 11.8. The van der Waals surface area contributed by atoms with E-state index in [0.717, 1.165) is 70.1 Å². The maximum Gasteiger partial charge on any atom is 0.325 e. The first-order chi connectivity index (χ1) is 20.0. The summed E-state index contributed by atoms with van der Waals surface area (Å²) in [4.78, 5) is 60.7. The number of hydrogen-bond donors (Lipinski definition) is 3. The lowest BCUT2D eigenvalue weighted by atomic mass is 9.80. The Morgan fingerprint density at radius 1 is 1.05 bits per heavy atom. The largest absolute Gasteiger partial charge is 0.347 e. The number of amides is 2. The molecule has 2 saturated heterocycles. The molecule has 2 aliphatic rings. The van der Waals surface area contributed by atoms with Crippen molar-refractivity contribution in [3.8, 4) is 0 Å². The number of carbonyl (C=O) groups excluding carboxylic acids is 2. The number of nitrogens with zero attached hydrogens (tertiary/aromatic N) is 3. The molecule has 2 aliphatic heterocycles. The molecule has 10 nitrogen and oxygen atoms in total. The smallest absolute Gasteiger partial charge is 0.325 e. The van der Waals surface area contributed by atoms with Crippen LogP contribution in [0.4, 0.5) is 0 Å². The van der Waals surface area contributed by atoms with Crippen LogP contribution in [0.2, 0.25) is 10.0 Å². The molecule has 2 fully saturated rings. The van der Waals surface area contributed by atoms with Gasteiger partial charge in [-0.3, -0.25) is 24.3 Å². The molecule has 0 aliphatic carbocycles. The predicted octanol–water partition coefficient (Wildman–Crippen LogP) is 3.00.